The Morgan fingerprint density at radius 2 is 0.584 bits per heavy atom. The number of rotatable bonds is 6. The van der Waals surface area contributed by atoms with Crippen molar-refractivity contribution < 1.29 is 0 Å². The first-order valence-corrected chi connectivity index (χ1v) is 26.8. The first-order chi connectivity index (χ1) is 38.2. The molecule has 0 aliphatic heterocycles. The van der Waals surface area contributed by atoms with E-state index < -0.39 is 0 Å². The smallest absolute Gasteiger partial charge is 0.0744 e. The van der Waals surface area contributed by atoms with Gasteiger partial charge in [-0.3, -0.25) is 0 Å². The molecule has 0 unspecified atom stereocenters. The van der Waals surface area contributed by atoms with Crippen LogP contribution in [0.15, 0.2) is 261 Å². The van der Waals surface area contributed by atoms with Gasteiger partial charge in [-0.2, -0.15) is 0 Å². The number of hydrogen-bond acceptors (Lipinski definition) is 0. The standard InChI is InChI=1S/C72H47N5/c1-2-17-48(18-3-1)75-64-29-12-6-23-55(64)58-43-44-68-69(70(58)75)61-26-9-15-32-67(61)73(68)49-37-33-46(34-38-49)47-35-39-50(40-36-47)76-65-30-13-7-24-56(65)59-41-42-60-57-25-8-14-31-66(57)77(72(60)71(59)76)52-20-16-19-51(45-52)74-62-27-10-4-21-53(62)54-22-5-11-28-63(54)74/h1-40,43-45H,41-42H2. The second-order valence-electron chi connectivity index (χ2n) is 20.7. The van der Waals surface area contributed by atoms with Gasteiger partial charge in [0.05, 0.1) is 55.5 Å². The Morgan fingerprint density at radius 1 is 0.221 bits per heavy atom. The highest BCUT2D eigenvalue weighted by atomic mass is 15.1. The third-order valence-corrected chi connectivity index (χ3v) is 16.8. The van der Waals surface area contributed by atoms with Gasteiger partial charge in [0.1, 0.15) is 0 Å². The Labute approximate surface area is 443 Å². The predicted octanol–water partition coefficient (Wildman–Crippen LogP) is 18.3. The van der Waals surface area contributed by atoms with Gasteiger partial charge in [0.25, 0.3) is 0 Å². The molecule has 5 nitrogen and oxygen atoms in total. The monoisotopic (exact) mass is 981 g/mol. The Bertz CT molecular complexity index is 5020. The SMILES string of the molecule is c1ccc(-n2c3ccccc3c3ccc4c(c5ccccc5n4-c4ccc(-c5ccc(-n6c7c(c8ccccc86)CCc6c-7n(-c7cccc(-n8c9ccccc9c9ccccc98)c7)c7ccccc67)cc5)cc4)c32)cc1. The number of hydrogen-bond donors (Lipinski definition) is 0. The topological polar surface area (TPSA) is 24.6 Å². The largest absolute Gasteiger partial charge is 0.309 e. The molecular formula is C72H47N5. The van der Waals surface area contributed by atoms with Crippen LogP contribution in [0.25, 0.3) is 138 Å². The van der Waals surface area contributed by atoms with Crippen molar-refractivity contribution in [2.45, 2.75) is 12.8 Å². The van der Waals surface area contributed by atoms with Crippen LogP contribution in [0.3, 0.4) is 0 Å². The summed E-state index contributed by atoms with van der Waals surface area (Å²) in [6.07, 6.45) is 1.95. The van der Waals surface area contributed by atoms with Crippen molar-refractivity contribution in [3.63, 3.8) is 0 Å². The average molecular weight is 982 g/mol. The summed E-state index contributed by atoms with van der Waals surface area (Å²) in [5.74, 6) is 0. The Kier molecular flexibility index (Phi) is 8.89. The molecule has 0 amide bonds. The van der Waals surface area contributed by atoms with Gasteiger partial charge >= 0.3 is 0 Å². The summed E-state index contributed by atoms with van der Waals surface area (Å²) in [5, 5.41) is 10.2. The van der Waals surface area contributed by atoms with E-state index in [0.717, 1.165) is 41.3 Å². The van der Waals surface area contributed by atoms with E-state index >= 15 is 0 Å². The van der Waals surface area contributed by atoms with E-state index in [0.29, 0.717) is 0 Å². The van der Waals surface area contributed by atoms with Crippen LogP contribution in [0.1, 0.15) is 11.1 Å². The molecule has 0 saturated heterocycles. The lowest BCUT2D eigenvalue weighted by molar-refractivity contribution is 0.921. The van der Waals surface area contributed by atoms with Crippen LogP contribution in [-0.2, 0) is 12.8 Å². The number of para-hydroxylation sites is 7. The molecule has 0 saturated carbocycles. The normalized spacial score (nSPS) is 12.6. The zero-order chi connectivity index (χ0) is 50.3. The second kappa shape index (κ2) is 16.2. The Hall–Kier alpha value is -10.1. The van der Waals surface area contributed by atoms with Gasteiger partial charge in [-0.1, -0.05) is 164 Å². The molecule has 360 valence electrons. The maximum absolute atomic E-state index is 2.55. The zero-order valence-electron chi connectivity index (χ0n) is 42.0. The molecule has 16 aromatic rings. The molecule has 0 N–H and O–H groups in total. The van der Waals surface area contributed by atoms with Gasteiger partial charge in [0, 0.05) is 71.5 Å². The summed E-state index contributed by atoms with van der Waals surface area (Å²) in [5.41, 5.74) is 23.2. The first-order valence-electron chi connectivity index (χ1n) is 26.8. The fourth-order valence-electron chi connectivity index (χ4n) is 13.6. The number of fused-ring (bicyclic) bond motifs is 17. The molecule has 0 radical (unpaired) electrons. The average Bonchev–Trinajstić information content (AvgIpc) is 4.33. The van der Waals surface area contributed by atoms with Crippen LogP contribution in [0.5, 0.6) is 0 Å². The molecule has 5 heterocycles. The van der Waals surface area contributed by atoms with Crippen LogP contribution in [-0.4, -0.2) is 22.8 Å². The van der Waals surface area contributed by atoms with Crippen molar-refractivity contribution in [3.8, 4) is 51.0 Å². The van der Waals surface area contributed by atoms with Crippen molar-refractivity contribution in [1.82, 2.24) is 22.8 Å². The Balaban J connectivity index is 0.791. The number of aromatic nitrogens is 5. The summed E-state index contributed by atoms with van der Waals surface area (Å²) < 4.78 is 12.4. The third kappa shape index (κ3) is 5.99. The van der Waals surface area contributed by atoms with Crippen molar-refractivity contribution >= 4 is 87.2 Å². The lowest BCUT2D eigenvalue weighted by Gasteiger charge is -2.21. The summed E-state index contributed by atoms with van der Waals surface area (Å²) in [6.45, 7) is 0. The fourth-order valence-corrected chi connectivity index (χ4v) is 13.6. The molecule has 5 aromatic heterocycles. The minimum absolute atomic E-state index is 0.975. The summed E-state index contributed by atoms with van der Waals surface area (Å²) in [7, 11) is 0. The maximum atomic E-state index is 2.55. The molecule has 77 heavy (non-hydrogen) atoms. The molecule has 1 aliphatic rings. The van der Waals surface area contributed by atoms with Crippen LogP contribution in [0.4, 0.5) is 0 Å². The van der Waals surface area contributed by atoms with Crippen molar-refractivity contribution in [3.05, 3.63) is 272 Å². The third-order valence-electron chi connectivity index (χ3n) is 16.8. The zero-order valence-corrected chi connectivity index (χ0v) is 42.0. The summed E-state index contributed by atoms with van der Waals surface area (Å²) >= 11 is 0. The molecule has 0 atom stereocenters. The number of benzene rings is 11. The number of aryl methyl sites for hydroxylation is 2. The van der Waals surface area contributed by atoms with Gasteiger partial charge in [0.2, 0.25) is 0 Å². The maximum Gasteiger partial charge on any atom is 0.0744 e. The van der Waals surface area contributed by atoms with E-state index in [1.165, 1.54) is 121 Å². The van der Waals surface area contributed by atoms with Crippen LogP contribution in [0, 0.1) is 0 Å². The van der Waals surface area contributed by atoms with E-state index in [2.05, 4.69) is 284 Å². The van der Waals surface area contributed by atoms with Gasteiger partial charge in [-0.15, -0.1) is 0 Å². The van der Waals surface area contributed by atoms with Gasteiger partial charge in [0.15, 0.2) is 0 Å². The minimum atomic E-state index is 0.975. The van der Waals surface area contributed by atoms with Gasteiger partial charge in [-0.25, -0.2) is 0 Å². The fraction of sp³-hybridized carbons (Fsp3) is 0.0278. The van der Waals surface area contributed by atoms with E-state index in [4.69, 9.17) is 0 Å². The van der Waals surface area contributed by atoms with Crippen LogP contribution >= 0.6 is 0 Å². The van der Waals surface area contributed by atoms with E-state index in [1.54, 1.807) is 0 Å². The Morgan fingerprint density at radius 3 is 1.13 bits per heavy atom. The van der Waals surface area contributed by atoms with E-state index in [-0.39, 0.29) is 0 Å². The summed E-state index contributed by atoms with van der Waals surface area (Å²) in [6, 6.07) is 96.3. The molecule has 11 aromatic carbocycles. The first kappa shape index (κ1) is 42.3. The van der Waals surface area contributed by atoms with E-state index in [9.17, 15) is 0 Å². The van der Waals surface area contributed by atoms with Crippen LogP contribution in [0.2, 0.25) is 0 Å². The van der Waals surface area contributed by atoms with E-state index in [1.807, 2.05) is 0 Å². The van der Waals surface area contributed by atoms with Gasteiger partial charge < -0.3 is 22.8 Å². The number of nitrogens with zero attached hydrogens (tertiary/aromatic N) is 5. The molecule has 17 rings (SSSR count). The van der Waals surface area contributed by atoms with Crippen LogP contribution < -0.4 is 0 Å². The second-order valence-corrected chi connectivity index (χ2v) is 20.7. The molecule has 0 spiro atoms. The lowest BCUT2D eigenvalue weighted by atomic mass is 9.92. The quantitative estimate of drug-likeness (QED) is 0.159. The molecular weight excluding hydrogens is 935 g/mol. The highest BCUT2D eigenvalue weighted by Gasteiger charge is 2.31. The molecule has 1 aliphatic carbocycles. The summed E-state index contributed by atoms with van der Waals surface area (Å²) in [4.78, 5) is 0. The van der Waals surface area contributed by atoms with Gasteiger partial charge in [-0.05, 0) is 132 Å². The van der Waals surface area contributed by atoms with Crippen molar-refractivity contribution in [2.24, 2.45) is 0 Å². The predicted molar refractivity (Wildman–Crippen MR) is 321 cm³/mol. The molecule has 0 fully saturated rings. The molecule has 0 bridgehead atoms. The highest BCUT2D eigenvalue weighted by Crippen LogP contribution is 2.48. The van der Waals surface area contributed by atoms with Crippen molar-refractivity contribution in [1.29, 1.82) is 0 Å². The lowest BCUT2D eigenvalue weighted by Crippen LogP contribution is -2.10. The highest BCUT2D eigenvalue weighted by molar-refractivity contribution is 6.26. The molecule has 5 heteroatoms. The van der Waals surface area contributed by atoms with Crippen molar-refractivity contribution in [2.75, 3.05) is 0 Å². The minimum Gasteiger partial charge on any atom is -0.309 e.